The molecule has 134 valence electrons. The van der Waals surface area contributed by atoms with Crippen LogP contribution in [0, 0.1) is 11.3 Å². The Morgan fingerprint density at radius 2 is 2.00 bits per heavy atom. The van der Waals surface area contributed by atoms with Gasteiger partial charge in [0, 0.05) is 0 Å². The first-order valence-electron chi connectivity index (χ1n) is 8.06. The maximum Gasteiger partial charge on any atom is 0.407 e. The van der Waals surface area contributed by atoms with Gasteiger partial charge in [-0.1, -0.05) is 6.92 Å². The lowest BCUT2D eigenvalue weighted by atomic mass is 9.85. The van der Waals surface area contributed by atoms with E-state index in [0.717, 1.165) is 0 Å². The van der Waals surface area contributed by atoms with E-state index in [-0.39, 0.29) is 24.0 Å². The zero-order valence-corrected chi connectivity index (χ0v) is 14.3. The normalized spacial score (nSPS) is 28.5. The van der Waals surface area contributed by atoms with Crippen LogP contribution in [0.4, 0.5) is 4.79 Å². The molecule has 6 N–H and O–H groups in total. The Morgan fingerprint density at radius 3 is 2.43 bits per heavy atom. The fourth-order valence-electron chi connectivity index (χ4n) is 3.14. The maximum atomic E-state index is 11.7. The number of carbonyl (C=O) groups is 1. The summed E-state index contributed by atoms with van der Waals surface area (Å²) in [7, 11) is 1.28. The van der Waals surface area contributed by atoms with Gasteiger partial charge < -0.3 is 25.6 Å². The van der Waals surface area contributed by atoms with Crippen LogP contribution in [0.15, 0.2) is 0 Å². The highest BCUT2D eigenvalue weighted by Crippen LogP contribution is 2.28. The summed E-state index contributed by atoms with van der Waals surface area (Å²) < 4.78 is 10.4. The number of hydrogen-bond donors (Lipinski definition) is 5. The first-order valence-corrected chi connectivity index (χ1v) is 8.06. The van der Waals surface area contributed by atoms with Crippen molar-refractivity contribution < 1.29 is 19.4 Å². The largest absolute Gasteiger partial charge is 0.453 e. The number of ether oxygens (including phenoxy) is 2. The van der Waals surface area contributed by atoms with Crippen molar-refractivity contribution in [2.45, 2.75) is 70.6 Å². The number of aliphatic hydroxyl groups excluding tert-OH is 1. The zero-order valence-electron chi connectivity index (χ0n) is 14.3. The smallest absolute Gasteiger partial charge is 0.407 e. The SMILES string of the molecule is CCC(NC(O)C(NC(=O)OC)C1CC(C)OC(C)C1)C(=N)N. The average molecular weight is 330 g/mol. The minimum atomic E-state index is -1.04. The topological polar surface area (TPSA) is 130 Å². The van der Waals surface area contributed by atoms with Crippen molar-refractivity contribution in [3.05, 3.63) is 0 Å². The molecule has 0 radical (unpaired) electrons. The van der Waals surface area contributed by atoms with Crippen LogP contribution >= 0.6 is 0 Å². The van der Waals surface area contributed by atoms with E-state index in [1.165, 1.54) is 7.11 Å². The van der Waals surface area contributed by atoms with Gasteiger partial charge in [-0.15, -0.1) is 0 Å². The predicted molar refractivity (Wildman–Crippen MR) is 87.2 cm³/mol. The zero-order chi connectivity index (χ0) is 17.6. The van der Waals surface area contributed by atoms with Crippen LogP contribution in [-0.2, 0) is 9.47 Å². The number of alkyl carbamates (subject to hydrolysis) is 1. The van der Waals surface area contributed by atoms with Crippen molar-refractivity contribution in [3.8, 4) is 0 Å². The van der Waals surface area contributed by atoms with E-state index < -0.39 is 24.4 Å². The number of rotatable bonds is 7. The molecule has 0 bridgehead atoms. The molecule has 1 saturated heterocycles. The van der Waals surface area contributed by atoms with Crippen LogP contribution < -0.4 is 16.4 Å². The Kier molecular flexibility index (Phi) is 7.74. The van der Waals surface area contributed by atoms with E-state index in [4.69, 9.17) is 15.9 Å². The summed E-state index contributed by atoms with van der Waals surface area (Å²) in [5.41, 5.74) is 5.52. The van der Waals surface area contributed by atoms with E-state index >= 15 is 0 Å². The summed E-state index contributed by atoms with van der Waals surface area (Å²) in [6.45, 7) is 5.82. The molecule has 1 aliphatic heterocycles. The summed E-state index contributed by atoms with van der Waals surface area (Å²) in [5, 5.41) is 23.7. The number of methoxy groups -OCH3 is 1. The molecule has 1 fully saturated rings. The monoisotopic (exact) mass is 330 g/mol. The van der Waals surface area contributed by atoms with Crippen molar-refractivity contribution in [2.24, 2.45) is 11.7 Å². The van der Waals surface area contributed by atoms with Gasteiger partial charge in [0.2, 0.25) is 0 Å². The summed E-state index contributed by atoms with van der Waals surface area (Å²) in [4.78, 5) is 11.7. The van der Waals surface area contributed by atoms with E-state index in [1.54, 1.807) is 0 Å². The molecule has 1 amide bonds. The molecule has 8 heteroatoms. The Balaban J connectivity index is 2.85. The van der Waals surface area contributed by atoms with Gasteiger partial charge in [0.25, 0.3) is 0 Å². The van der Waals surface area contributed by atoms with Gasteiger partial charge in [0.05, 0.1) is 31.4 Å². The highest BCUT2D eigenvalue weighted by Gasteiger charge is 2.36. The molecule has 1 aliphatic rings. The molecule has 0 aliphatic carbocycles. The summed E-state index contributed by atoms with van der Waals surface area (Å²) in [6.07, 6.45) is 0.463. The second-order valence-electron chi connectivity index (χ2n) is 6.18. The standard InChI is InChI=1S/C15H30N4O4/c1-5-11(13(16)17)18-14(20)12(19-15(21)22-4)10-6-8(2)23-9(3)7-10/h8-12,14,18,20H,5-7H2,1-4H3,(H3,16,17)(H,19,21). The third-order valence-electron chi connectivity index (χ3n) is 4.21. The first-order chi connectivity index (χ1) is 10.8. The fourth-order valence-corrected chi connectivity index (χ4v) is 3.14. The van der Waals surface area contributed by atoms with Gasteiger partial charge in [-0.2, -0.15) is 0 Å². The first kappa shape index (κ1) is 19.7. The molecule has 8 nitrogen and oxygen atoms in total. The van der Waals surface area contributed by atoms with E-state index in [9.17, 15) is 9.90 Å². The molecule has 0 aromatic heterocycles. The van der Waals surface area contributed by atoms with E-state index in [0.29, 0.717) is 19.3 Å². The predicted octanol–water partition coefficient (Wildman–Crippen LogP) is 0.537. The number of carbonyl (C=O) groups excluding carboxylic acids is 1. The second-order valence-corrected chi connectivity index (χ2v) is 6.18. The van der Waals surface area contributed by atoms with Crippen molar-refractivity contribution in [3.63, 3.8) is 0 Å². The van der Waals surface area contributed by atoms with Crippen molar-refractivity contribution in [1.82, 2.24) is 10.6 Å². The molecule has 1 heterocycles. The molecule has 0 aromatic rings. The van der Waals surface area contributed by atoms with Gasteiger partial charge in [0.1, 0.15) is 12.1 Å². The number of amides is 1. The lowest BCUT2D eigenvalue weighted by molar-refractivity contribution is -0.0714. The summed E-state index contributed by atoms with van der Waals surface area (Å²) in [5.74, 6) is -0.0168. The Labute approximate surface area is 137 Å². The third-order valence-corrected chi connectivity index (χ3v) is 4.21. The van der Waals surface area contributed by atoms with Gasteiger partial charge in [-0.05, 0) is 39.0 Å². The minimum absolute atomic E-state index is 0.0276. The molecule has 5 unspecified atom stereocenters. The van der Waals surface area contributed by atoms with Crippen LogP contribution in [0.1, 0.15) is 40.0 Å². The van der Waals surface area contributed by atoms with Crippen LogP contribution in [0.5, 0.6) is 0 Å². The maximum absolute atomic E-state index is 11.7. The minimum Gasteiger partial charge on any atom is -0.453 e. The molecular formula is C15H30N4O4. The number of nitrogens with two attached hydrogens (primary N) is 1. The van der Waals surface area contributed by atoms with Crippen molar-refractivity contribution in [1.29, 1.82) is 5.41 Å². The fraction of sp³-hybridized carbons (Fsp3) is 0.867. The van der Waals surface area contributed by atoms with E-state index in [2.05, 4.69) is 15.4 Å². The lowest BCUT2D eigenvalue weighted by Gasteiger charge is -2.39. The van der Waals surface area contributed by atoms with Gasteiger partial charge in [-0.3, -0.25) is 10.7 Å². The second kappa shape index (κ2) is 9.05. The van der Waals surface area contributed by atoms with Crippen LogP contribution in [-0.4, -0.2) is 54.7 Å². The highest BCUT2D eigenvalue weighted by atomic mass is 16.5. The molecule has 0 saturated carbocycles. The average Bonchev–Trinajstić information content (AvgIpc) is 2.48. The number of aliphatic hydroxyl groups is 1. The number of amidine groups is 1. The van der Waals surface area contributed by atoms with Gasteiger partial charge in [-0.25, -0.2) is 4.79 Å². The van der Waals surface area contributed by atoms with Gasteiger partial charge >= 0.3 is 6.09 Å². The summed E-state index contributed by atoms with van der Waals surface area (Å²) in [6, 6.07) is -0.994. The van der Waals surface area contributed by atoms with Crippen LogP contribution in [0.3, 0.4) is 0 Å². The lowest BCUT2D eigenvalue weighted by Crippen LogP contribution is -2.59. The van der Waals surface area contributed by atoms with Crippen molar-refractivity contribution in [2.75, 3.05) is 7.11 Å². The van der Waals surface area contributed by atoms with Crippen molar-refractivity contribution >= 4 is 11.9 Å². The highest BCUT2D eigenvalue weighted by molar-refractivity contribution is 5.82. The Morgan fingerprint density at radius 1 is 1.43 bits per heavy atom. The third kappa shape index (κ3) is 5.96. The van der Waals surface area contributed by atoms with Crippen LogP contribution in [0.25, 0.3) is 0 Å². The number of hydrogen-bond acceptors (Lipinski definition) is 6. The molecule has 0 spiro atoms. The van der Waals surface area contributed by atoms with E-state index in [1.807, 2.05) is 20.8 Å². The molecular weight excluding hydrogens is 300 g/mol. The molecule has 5 atom stereocenters. The molecule has 0 aromatic carbocycles. The Hall–Kier alpha value is -1.38. The quantitative estimate of drug-likeness (QED) is 0.263. The molecule has 1 rings (SSSR count). The van der Waals surface area contributed by atoms with Gasteiger partial charge in [0.15, 0.2) is 0 Å². The number of nitrogens with one attached hydrogen (secondary N) is 3. The summed E-state index contributed by atoms with van der Waals surface area (Å²) >= 11 is 0. The Bertz CT molecular complexity index is 397. The molecule has 23 heavy (non-hydrogen) atoms. The van der Waals surface area contributed by atoms with Crippen LogP contribution in [0.2, 0.25) is 0 Å².